The Hall–Kier alpha value is -1.53. The maximum Gasteiger partial charge on any atom is 0.237 e. The lowest BCUT2D eigenvalue weighted by molar-refractivity contribution is -0.126. The second-order valence-corrected chi connectivity index (χ2v) is 7.64. The summed E-state index contributed by atoms with van der Waals surface area (Å²) < 4.78 is 11.0. The molecule has 2 rings (SSSR count). The van der Waals surface area contributed by atoms with Crippen LogP contribution in [-0.2, 0) is 16.0 Å². The van der Waals surface area contributed by atoms with Gasteiger partial charge in [0.1, 0.15) is 5.75 Å². The van der Waals surface area contributed by atoms with E-state index >= 15 is 0 Å². The second-order valence-electron chi connectivity index (χ2n) is 6.06. The third-order valence-corrected chi connectivity index (χ3v) is 5.46. The molecule has 0 N–H and O–H groups in total. The van der Waals surface area contributed by atoms with Gasteiger partial charge in [-0.15, -0.1) is 0 Å². The molecular formula is C20H27NO3S2. The molecule has 0 spiro atoms. The van der Waals surface area contributed by atoms with E-state index in [1.54, 1.807) is 7.11 Å². The van der Waals surface area contributed by atoms with Crippen LogP contribution in [-0.4, -0.2) is 41.2 Å². The Bertz CT molecular complexity index is 646. The van der Waals surface area contributed by atoms with Gasteiger partial charge in [-0.3, -0.25) is 4.79 Å². The molecule has 0 aromatic heterocycles. The number of amides is 1. The zero-order valence-electron chi connectivity index (χ0n) is 15.5. The van der Waals surface area contributed by atoms with Crippen LogP contribution in [0.1, 0.15) is 38.2 Å². The van der Waals surface area contributed by atoms with Crippen LogP contribution in [0.2, 0.25) is 0 Å². The number of carbonyl (C=O) groups excluding carboxylic acids is 1. The largest absolute Gasteiger partial charge is 0.497 e. The lowest BCUT2D eigenvalue weighted by Crippen LogP contribution is -2.34. The minimum Gasteiger partial charge on any atom is -0.497 e. The standard InChI is InChI=1S/C20H27NO3S2/c1-3-24-20(25)26-15-19(22)21(17-9-5-4-6-10-17)13-12-16-8-7-11-18(14-16)23-2/h7-9,11,14H,3-6,10,12-13,15H2,1-2H3. The summed E-state index contributed by atoms with van der Waals surface area (Å²) in [6.07, 6.45) is 7.34. The number of hydrogen-bond donors (Lipinski definition) is 0. The maximum atomic E-state index is 12.8. The van der Waals surface area contributed by atoms with E-state index in [-0.39, 0.29) is 5.91 Å². The molecule has 1 amide bonds. The number of thiocarbonyl (C=S) groups is 1. The first-order valence-electron chi connectivity index (χ1n) is 9.06. The molecule has 0 heterocycles. The molecule has 0 radical (unpaired) electrons. The third kappa shape index (κ3) is 6.65. The number of thioether (sulfide) groups is 1. The zero-order chi connectivity index (χ0) is 18.8. The van der Waals surface area contributed by atoms with Crippen LogP contribution in [0.4, 0.5) is 0 Å². The van der Waals surface area contributed by atoms with Gasteiger partial charge >= 0.3 is 0 Å². The van der Waals surface area contributed by atoms with Crippen molar-refractivity contribution in [3.63, 3.8) is 0 Å². The van der Waals surface area contributed by atoms with Crippen LogP contribution >= 0.6 is 24.0 Å². The molecule has 0 saturated heterocycles. The summed E-state index contributed by atoms with van der Waals surface area (Å²) in [4.78, 5) is 14.8. The molecule has 0 fully saturated rings. The number of rotatable bonds is 8. The monoisotopic (exact) mass is 393 g/mol. The van der Waals surface area contributed by atoms with Crippen LogP contribution < -0.4 is 4.74 Å². The van der Waals surface area contributed by atoms with Crippen molar-refractivity contribution in [2.24, 2.45) is 0 Å². The van der Waals surface area contributed by atoms with Gasteiger partial charge in [0.05, 0.1) is 19.5 Å². The first-order valence-corrected chi connectivity index (χ1v) is 10.4. The van der Waals surface area contributed by atoms with E-state index < -0.39 is 0 Å². The smallest absolute Gasteiger partial charge is 0.237 e. The van der Waals surface area contributed by atoms with Gasteiger partial charge in [-0.2, -0.15) is 0 Å². The van der Waals surface area contributed by atoms with Crippen molar-refractivity contribution in [2.75, 3.05) is 26.0 Å². The van der Waals surface area contributed by atoms with Gasteiger partial charge in [-0.05, 0) is 68.9 Å². The molecule has 1 aliphatic rings. The Labute approximate surface area is 165 Å². The maximum absolute atomic E-state index is 12.8. The highest BCUT2D eigenvalue weighted by Gasteiger charge is 2.20. The van der Waals surface area contributed by atoms with Crippen LogP contribution in [0.3, 0.4) is 0 Å². The first-order chi connectivity index (χ1) is 12.6. The van der Waals surface area contributed by atoms with Crippen molar-refractivity contribution in [3.8, 4) is 5.75 Å². The number of allylic oxidation sites excluding steroid dienone is 2. The molecule has 1 aromatic carbocycles. The fourth-order valence-corrected chi connectivity index (χ4v) is 3.81. The van der Waals surface area contributed by atoms with Gasteiger partial charge in [0.25, 0.3) is 0 Å². The zero-order valence-corrected chi connectivity index (χ0v) is 17.2. The van der Waals surface area contributed by atoms with Crippen LogP contribution in [0, 0.1) is 0 Å². The minimum atomic E-state index is 0.0908. The molecule has 4 nitrogen and oxygen atoms in total. The molecule has 0 bridgehead atoms. The molecule has 1 aliphatic carbocycles. The molecule has 6 heteroatoms. The SMILES string of the molecule is CCOC(=S)SCC(=O)N(CCc1cccc(OC)c1)C1=CCCCC1. The summed E-state index contributed by atoms with van der Waals surface area (Å²) in [5.41, 5.74) is 2.31. The van der Waals surface area contributed by atoms with E-state index in [2.05, 4.69) is 12.1 Å². The van der Waals surface area contributed by atoms with Gasteiger partial charge in [-0.25, -0.2) is 0 Å². The van der Waals surface area contributed by atoms with E-state index in [4.69, 9.17) is 21.7 Å². The van der Waals surface area contributed by atoms with Crippen molar-refractivity contribution in [1.82, 2.24) is 4.90 Å². The Kier molecular flexibility index (Phi) is 8.98. The number of hydrogen-bond acceptors (Lipinski definition) is 5. The third-order valence-electron chi connectivity index (χ3n) is 4.25. The summed E-state index contributed by atoms with van der Waals surface area (Å²) in [5.74, 6) is 1.25. The summed E-state index contributed by atoms with van der Waals surface area (Å²) in [5, 5.41) is 0. The number of benzene rings is 1. The fraction of sp³-hybridized carbons (Fsp3) is 0.500. The van der Waals surface area contributed by atoms with Crippen molar-refractivity contribution < 1.29 is 14.3 Å². The highest BCUT2D eigenvalue weighted by atomic mass is 32.2. The normalized spacial score (nSPS) is 13.7. The lowest BCUT2D eigenvalue weighted by atomic mass is 10.0. The van der Waals surface area contributed by atoms with Crippen LogP contribution in [0.15, 0.2) is 36.0 Å². The van der Waals surface area contributed by atoms with E-state index in [1.807, 2.05) is 30.0 Å². The molecule has 0 saturated carbocycles. The highest BCUT2D eigenvalue weighted by Crippen LogP contribution is 2.23. The van der Waals surface area contributed by atoms with Crippen molar-refractivity contribution in [3.05, 3.63) is 41.6 Å². The number of carbonyl (C=O) groups is 1. The summed E-state index contributed by atoms with van der Waals surface area (Å²) in [6, 6.07) is 8.01. The predicted octanol–water partition coefficient (Wildman–Crippen LogP) is 4.58. The average molecular weight is 394 g/mol. The summed E-state index contributed by atoms with van der Waals surface area (Å²) in [7, 11) is 1.67. The van der Waals surface area contributed by atoms with Gasteiger partial charge in [0, 0.05) is 12.2 Å². The van der Waals surface area contributed by atoms with E-state index in [0.29, 0.717) is 23.3 Å². The second kappa shape index (κ2) is 11.2. The molecule has 26 heavy (non-hydrogen) atoms. The molecule has 142 valence electrons. The topological polar surface area (TPSA) is 38.8 Å². The molecule has 0 atom stereocenters. The lowest BCUT2D eigenvalue weighted by Gasteiger charge is -2.28. The molecule has 0 aliphatic heterocycles. The number of methoxy groups -OCH3 is 1. The minimum absolute atomic E-state index is 0.0908. The Morgan fingerprint density at radius 2 is 2.19 bits per heavy atom. The van der Waals surface area contributed by atoms with E-state index in [9.17, 15) is 4.79 Å². The van der Waals surface area contributed by atoms with Crippen LogP contribution in [0.5, 0.6) is 5.75 Å². The van der Waals surface area contributed by atoms with Gasteiger partial charge in [0.15, 0.2) is 0 Å². The number of nitrogens with zero attached hydrogens (tertiary/aromatic N) is 1. The van der Waals surface area contributed by atoms with Crippen molar-refractivity contribution >= 4 is 34.3 Å². The molecular weight excluding hydrogens is 366 g/mol. The van der Waals surface area contributed by atoms with E-state index in [1.165, 1.54) is 18.2 Å². The first kappa shape index (κ1) is 20.8. The Morgan fingerprint density at radius 1 is 1.35 bits per heavy atom. The van der Waals surface area contributed by atoms with Gasteiger partial charge in [-0.1, -0.05) is 30.0 Å². The highest BCUT2D eigenvalue weighted by molar-refractivity contribution is 8.23. The predicted molar refractivity (Wildman–Crippen MR) is 112 cm³/mol. The van der Waals surface area contributed by atoms with Crippen LogP contribution in [0.25, 0.3) is 0 Å². The average Bonchev–Trinajstić information content (AvgIpc) is 2.68. The quantitative estimate of drug-likeness (QED) is 0.605. The van der Waals surface area contributed by atoms with Crippen molar-refractivity contribution in [2.45, 2.75) is 39.0 Å². The molecule has 1 aromatic rings. The Balaban J connectivity index is 2.01. The Morgan fingerprint density at radius 3 is 2.88 bits per heavy atom. The van der Waals surface area contributed by atoms with Crippen molar-refractivity contribution in [1.29, 1.82) is 0 Å². The van der Waals surface area contributed by atoms with Gasteiger partial charge in [0.2, 0.25) is 10.3 Å². The van der Waals surface area contributed by atoms with Gasteiger partial charge < -0.3 is 14.4 Å². The number of ether oxygens (including phenoxy) is 2. The summed E-state index contributed by atoms with van der Waals surface area (Å²) >= 11 is 6.42. The molecule has 0 unspecified atom stereocenters. The van der Waals surface area contributed by atoms with E-state index in [0.717, 1.165) is 42.7 Å². The fourth-order valence-electron chi connectivity index (χ4n) is 2.92. The summed E-state index contributed by atoms with van der Waals surface area (Å²) in [6.45, 7) is 3.09.